The third-order valence-electron chi connectivity index (χ3n) is 3.02. The Bertz CT molecular complexity index is 452. The van der Waals surface area contributed by atoms with Crippen molar-refractivity contribution in [2.75, 3.05) is 17.2 Å². The van der Waals surface area contributed by atoms with Crippen LogP contribution >= 0.6 is 15.9 Å². The molecule has 2 rings (SSSR count). The number of amides is 1. The van der Waals surface area contributed by atoms with Crippen molar-refractivity contribution in [1.82, 2.24) is 0 Å². The van der Waals surface area contributed by atoms with E-state index in [-0.39, 0.29) is 0 Å². The number of carbonyl (C=O) groups is 1. The summed E-state index contributed by atoms with van der Waals surface area (Å²) in [6, 6.07) is 5.42. The van der Waals surface area contributed by atoms with Crippen LogP contribution in [0.2, 0.25) is 0 Å². The summed E-state index contributed by atoms with van der Waals surface area (Å²) in [6.07, 6.45) is -0.345. The average molecular weight is 300 g/mol. The number of hydrogen-bond donors (Lipinski definition) is 3. The highest BCUT2D eigenvalue weighted by atomic mass is 79.9. The first-order chi connectivity index (χ1) is 8.00. The van der Waals surface area contributed by atoms with E-state index in [4.69, 9.17) is 11.5 Å². The van der Waals surface area contributed by atoms with Gasteiger partial charge in [-0.25, -0.2) is 0 Å². The topological polar surface area (TPSA) is 92.6 Å². The number of aliphatic hydroxyl groups is 1. The maximum Gasteiger partial charge on any atom is 0.225 e. The molecule has 92 valence electrons. The summed E-state index contributed by atoms with van der Waals surface area (Å²) in [5, 5.41) is 10.0. The van der Waals surface area contributed by atoms with Gasteiger partial charge in [0.05, 0.1) is 17.3 Å². The minimum atomic E-state index is -0.893. The van der Waals surface area contributed by atoms with E-state index in [1.807, 2.05) is 12.1 Å². The fourth-order valence-corrected chi connectivity index (χ4v) is 2.49. The van der Waals surface area contributed by atoms with E-state index < -0.39 is 18.1 Å². The number of nitrogens with zero attached hydrogens (tertiary/aromatic N) is 1. The summed E-state index contributed by atoms with van der Waals surface area (Å²) in [5.74, 6) is -1.01. The maximum atomic E-state index is 11.1. The van der Waals surface area contributed by atoms with Crippen molar-refractivity contribution in [3.63, 3.8) is 0 Å². The van der Waals surface area contributed by atoms with Gasteiger partial charge in [-0.3, -0.25) is 4.79 Å². The second-order valence-electron chi connectivity index (χ2n) is 4.11. The lowest BCUT2D eigenvalue weighted by atomic mass is 10.1. The van der Waals surface area contributed by atoms with Crippen LogP contribution in [0.5, 0.6) is 0 Å². The van der Waals surface area contributed by atoms with Gasteiger partial charge < -0.3 is 21.5 Å². The van der Waals surface area contributed by atoms with Gasteiger partial charge in [-0.2, -0.15) is 0 Å². The third kappa shape index (κ3) is 2.23. The first-order valence-electron chi connectivity index (χ1n) is 5.29. The zero-order valence-corrected chi connectivity index (χ0v) is 10.7. The smallest absolute Gasteiger partial charge is 0.225 e. The predicted molar refractivity (Wildman–Crippen MR) is 69.2 cm³/mol. The van der Waals surface area contributed by atoms with Crippen LogP contribution in [0.3, 0.4) is 0 Å². The number of halogens is 1. The summed E-state index contributed by atoms with van der Waals surface area (Å²) in [6.45, 7) is 0.570. The Balaban J connectivity index is 2.27. The Morgan fingerprint density at radius 1 is 1.53 bits per heavy atom. The molecule has 0 bridgehead atoms. The molecule has 1 fully saturated rings. The van der Waals surface area contributed by atoms with Crippen molar-refractivity contribution in [1.29, 1.82) is 0 Å². The maximum absolute atomic E-state index is 11.1. The van der Waals surface area contributed by atoms with Gasteiger partial charge in [-0.15, -0.1) is 0 Å². The summed E-state index contributed by atoms with van der Waals surface area (Å²) >= 11 is 3.32. The molecule has 0 spiro atoms. The van der Waals surface area contributed by atoms with Gasteiger partial charge in [0.1, 0.15) is 6.23 Å². The van der Waals surface area contributed by atoms with Gasteiger partial charge in [0.15, 0.2) is 0 Å². The van der Waals surface area contributed by atoms with Gasteiger partial charge in [0.2, 0.25) is 5.91 Å². The SMILES string of the molecule is NC(=O)C1CCN(c2ccc(Br)cc2N)C1O. The van der Waals surface area contributed by atoms with Crippen molar-refractivity contribution < 1.29 is 9.90 Å². The van der Waals surface area contributed by atoms with Crippen molar-refractivity contribution in [3.8, 4) is 0 Å². The molecule has 6 heteroatoms. The molecule has 2 unspecified atom stereocenters. The number of hydrogen-bond acceptors (Lipinski definition) is 4. The molecule has 1 heterocycles. The number of nitrogen functional groups attached to an aromatic ring is 1. The van der Waals surface area contributed by atoms with Gasteiger partial charge in [0.25, 0.3) is 0 Å². The van der Waals surface area contributed by atoms with E-state index >= 15 is 0 Å². The van der Waals surface area contributed by atoms with Crippen molar-refractivity contribution >= 4 is 33.2 Å². The molecule has 1 aliphatic rings. The Labute approximate surface area is 108 Å². The lowest BCUT2D eigenvalue weighted by Crippen LogP contribution is -2.38. The van der Waals surface area contributed by atoms with E-state index in [9.17, 15) is 9.90 Å². The van der Waals surface area contributed by atoms with Crippen LogP contribution in [0.4, 0.5) is 11.4 Å². The van der Waals surface area contributed by atoms with E-state index in [0.29, 0.717) is 18.7 Å². The zero-order chi connectivity index (χ0) is 12.6. The first kappa shape index (κ1) is 12.2. The number of nitrogens with two attached hydrogens (primary N) is 2. The quantitative estimate of drug-likeness (QED) is 0.700. The average Bonchev–Trinajstić information content (AvgIpc) is 2.60. The summed E-state index contributed by atoms with van der Waals surface area (Å²) in [5.41, 5.74) is 12.4. The zero-order valence-electron chi connectivity index (χ0n) is 9.14. The fraction of sp³-hybridized carbons (Fsp3) is 0.364. The van der Waals surface area contributed by atoms with Crippen molar-refractivity contribution in [2.45, 2.75) is 12.6 Å². The third-order valence-corrected chi connectivity index (χ3v) is 3.52. The molecule has 1 aliphatic heterocycles. The lowest BCUT2D eigenvalue weighted by Gasteiger charge is -2.25. The minimum absolute atomic E-state index is 0.476. The van der Waals surface area contributed by atoms with Crippen LogP contribution in [0.25, 0.3) is 0 Å². The van der Waals surface area contributed by atoms with E-state index in [0.717, 1.165) is 10.2 Å². The fourth-order valence-electron chi connectivity index (χ4n) is 2.12. The van der Waals surface area contributed by atoms with Crippen LogP contribution < -0.4 is 16.4 Å². The van der Waals surface area contributed by atoms with Crippen LogP contribution in [0.15, 0.2) is 22.7 Å². The Kier molecular flexibility index (Phi) is 3.26. The second kappa shape index (κ2) is 4.54. The van der Waals surface area contributed by atoms with E-state index in [1.54, 1.807) is 11.0 Å². The van der Waals surface area contributed by atoms with Gasteiger partial charge >= 0.3 is 0 Å². The summed E-state index contributed by atoms with van der Waals surface area (Å²) < 4.78 is 0.874. The molecular weight excluding hydrogens is 286 g/mol. The summed E-state index contributed by atoms with van der Waals surface area (Å²) in [4.78, 5) is 12.8. The number of rotatable bonds is 2. The van der Waals surface area contributed by atoms with E-state index in [2.05, 4.69) is 15.9 Å². The van der Waals surface area contributed by atoms with Gasteiger partial charge in [-0.1, -0.05) is 15.9 Å². The van der Waals surface area contributed by atoms with Crippen LogP contribution in [-0.2, 0) is 4.79 Å². The predicted octanol–water partition coefficient (Wildman–Crippen LogP) is 0.661. The van der Waals surface area contributed by atoms with Gasteiger partial charge in [-0.05, 0) is 24.6 Å². The largest absolute Gasteiger partial charge is 0.397 e. The van der Waals surface area contributed by atoms with Crippen molar-refractivity contribution in [3.05, 3.63) is 22.7 Å². The van der Waals surface area contributed by atoms with Crippen LogP contribution in [-0.4, -0.2) is 23.8 Å². The van der Waals surface area contributed by atoms with Gasteiger partial charge in [0, 0.05) is 11.0 Å². The van der Waals surface area contributed by atoms with Crippen molar-refractivity contribution in [2.24, 2.45) is 11.7 Å². The molecule has 0 saturated carbocycles. The molecule has 5 nitrogen and oxygen atoms in total. The summed E-state index contributed by atoms with van der Waals surface area (Å²) in [7, 11) is 0. The molecule has 2 atom stereocenters. The Morgan fingerprint density at radius 3 is 2.76 bits per heavy atom. The second-order valence-corrected chi connectivity index (χ2v) is 5.02. The molecule has 1 aromatic rings. The standard InChI is InChI=1S/C11H14BrN3O2/c12-6-1-2-9(8(13)5-6)15-4-3-7(10(14)16)11(15)17/h1-2,5,7,11,17H,3-4,13H2,(H2,14,16). The van der Waals surface area contributed by atoms with E-state index in [1.165, 1.54) is 0 Å². The number of benzene rings is 1. The highest BCUT2D eigenvalue weighted by molar-refractivity contribution is 9.10. The molecular formula is C11H14BrN3O2. The van der Waals surface area contributed by atoms with Crippen LogP contribution in [0.1, 0.15) is 6.42 Å². The normalized spacial score (nSPS) is 24.0. The highest BCUT2D eigenvalue weighted by Gasteiger charge is 2.36. The molecule has 0 aliphatic carbocycles. The molecule has 1 aromatic carbocycles. The number of carbonyl (C=O) groups excluding carboxylic acids is 1. The molecule has 17 heavy (non-hydrogen) atoms. The first-order valence-corrected chi connectivity index (χ1v) is 6.09. The Morgan fingerprint density at radius 2 is 2.24 bits per heavy atom. The Hall–Kier alpha value is -1.27. The molecule has 1 saturated heterocycles. The lowest BCUT2D eigenvalue weighted by molar-refractivity contribution is -0.124. The number of primary amides is 1. The number of aliphatic hydroxyl groups excluding tert-OH is 1. The molecule has 0 aromatic heterocycles. The molecule has 5 N–H and O–H groups in total. The molecule has 1 amide bonds. The monoisotopic (exact) mass is 299 g/mol. The molecule has 0 radical (unpaired) electrons. The minimum Gasteiger partial charge on any atom is -0.397 e. The van der Waals surface area contributed by atoms with Crippen LogP contribution in [0, 0.1) is 5.92 Å². The number of anilines is 2. The highest BCUT2D eigenvalue weighted by Crippen LogP contribution is 2.33.